The third-order valence-corrected chi connectivity index (χ3v) is 2.87. The molecule has 1 atom stereocenters. The summed E-state index contributed by atoms with van der Waals surface area (Å²) in [6.45, 7) is 3.53. The van der Waals surface area contributed by atoms with Crippen LogP contribution in [0, 0.1) is 6.92 Å². The third kappa shape index (κ3) is 3.35. The van der Waals surface area contributed by atoms with E-state index in [2.05, 4.69) is 5.32 Å². The van der Waals surface area contributed by atoms with Crippen molar-refractivity contribution in [2.45, 2.75) is 20.0 Å². The van der Waals surface area contributed by atoms with Crippen molar-refractivity contribution in [3.63, 3.8) is 0 Å². The molecule has 1 unspecified atom stereocenters. The minimum absolute atomic E-state index is 0.229. The van der Waals surface area contributed by atoms with Crippen LogP contribution in [0.25, 0.3) is 0 Å². The molecule has 0 radical (unpaired) electrons. The van der Waals surface area contributed by atoms with E-state index in [1.807, 2.05) is 6.92 Å². The second-order valence-electron chi connectivity index (χ2n) is 3.67. The molecule has 1 amide bonds. The van der Waals surface area contributed by atoms with E-state index in [4.69, 9.17) is 21.1 Å². The molecule has 17 heavy (non-hydrogen) atoms. The summed E-state index contributed by atoms with van der Waals surface area (Å²) in [5, 5.41) is 3.33. The van der Waals surface area contributed by atoms with Crippen molar-refractivity contribution in [1.82, 2.24) is 0 Å². The van der Waals surface area contributed by atoms with Gasteiger partial charge >= 0.3 is 0 Å². The normalized spacial score (nSPS) is 12.1. The smallest absolute Gasteiger partial charge is 0.253 e. The third-order valence-electron chi connectivity index (χ3n) is 2.46. The van der Waals surface area contributed by atoms with Crippen LogP contribution in [-0.4, -0.2) is 26.2 Å². The van der Waals surface area contributed by atoms with Crippen LogP contribution in [0.1, 0.15) is 12.5 Å². The SMILES string of the molecule is COc1cc(Cl)c(C)cc1NC(=O)C(C)OC. The van der Waals surface area contributed by atoms with Gasteiger partial charge in [0.05, 0.1) is 12.8 Å². The van der Waals surface area contributed by atoms with Gasteiger partial charge in [-0.1, -0.05) is 11.6 Å². The molecular weight excluding hydrogens is 242 g/mol. The standard InChI is InChI=1S/C12H16ClNO3/c1-7-5-10(11(17-4)6-9(7)13)14-12(15)8(2)16-3/h5-6,8H,1-4H3,(H,14,15). The maximum Gasteiger partial charge on any atom is 0.253 e. The molecular formula is C12H16ClNO3. The first-order chi connectivity index (χ1) is 7.99. The van der Waals surface area contributed by atoms with Crippen molar-refractivity contribution < 1.29 is 14.3 Å². The summed E-state index contributed by atoms with van der Waals surface area (Å²) < 4.78 is 10.1. The van der Waals surface area contributed by atoms with Crippen molar-refractivity contribution in [3.05, 3.63) is 22.7 Å². The molecule has 1 aromatic rings. The van der Waals surface area contributed by atoms with Crippen molar-refractivity contribution in [3.8, 4) is 5.75 Å². The number of aryl methyl sites for hydroxylation is 1. The van der Waals surface area contributed by atoms with Crippen LogP contribution in [0.5, 0.6) is 5.75 Å². The fraction of sp³-hybridized carbons (Fsp3) is 0.417. The number of benzene rings is 1. The summed E-state index contributed by atoms with van der Waals surface area (Å²) in [5.41, 5.74) is 1.45. The summed E-state index contributed by atoms with van der Waals surface area (Å²) in [4.78, 5) is 11.7. The van der Waals surface area contributed by atoms with E-state index >= 15 is 0 Å². The minimum atomic E-state index is -0.518. The molecule has 0 bridgehead atoms. The number of hydrogen-bond acceptors (Lipinski definition) is 3. The molecule has 4 nitrogen and oxygen atoms in total. The van der Waals surface area contributed by atoms with Crippen LogP contribution < -0.4 is 10.1 Å². The Morgan fingerprint density at radius 1 is 1.41 bits per heavy atom. The summed E-state index contributed by atoms with van der Waals surface area (Å²) in [7, 11) is 3.00. The zero-order valence-electron chi connectivity index (χ0n) is 10.3. The summed E-state index contributed by atoms with van der Waals surface area (Å²) in [5.74, 6) is 0.296. The average molecular weight is 258 g/mol. The first-order valence-corrected chi connectivity index (χ1v) is 5.55. The summed E-state index contributed by atoms with van der Waals surface area (Å²) in [6, 6.07) is 3.44. The topological polar surface area (TPSA) is 47.6 Å². The van der Waals surface area contributed by atoms with Crippen LogP contribution in [0.15, 0.2) is 12.1 Å². The van der Waals surface area contributed by atoms with E-state index in [-0.39, 0.29) is 5.91 Å². The maximum atomic E-state index is 11.7. The Bertz CT molecular complexity index is 420. The molecule has 1 N–H and O–H groups in total. The number of anilines is 1. The molecule has 0 aliphatic rings. The predicted molar refractivity (Wildman–Crippen MR) is 67.8 cm³/mol. The highest BCUT2D eigenvalue weighted by Crippen LogP contribution is 2.30. The van der Waals surface area contributed by atoms with Crippen molar-refractivity contribution in [2.24, 2.45) is 0 Å². The zero-order valence-corrected chi connectivity index (χ0v) is 11.1. The largest absolute Gasteiger partial charge is 0.495 e. The minimum Gasteiger partial charge on any atom is -0.495 e. The van der Waals surface area contributed by atoms with E-state index < -0.39 is 6.10 Å². The van der Waals surface area contributed by atoms with Crippen molar-refractivity contribution in [2.75, 3.05) is 19.5 Å². The second-order valence-corrected chi connectivity index (χ2v) is 4.08. The van der Waals surface area contributed by atoms with Gasteiger partial charge in [-0.25, -0.2) is 0 Å². The molecule has 0 fully saturated rings. The van der Waals surface area contributed by atoms with Crippen LogP contribution in [-0.2, 0) is 9.53 Å². The lowest BCUT2D eigenvalue weighted by Gasteiger charge is -2.14. The van der Waals surface area contributed by atoms with Gasteiger partial charge in [0.2, 0.25) is 0 Å². The lowest BCUT2D eigenvalue weighted by Crippen LogP contribution is -2.26. The van der Waals surface area contributed by atoms with E-state index in [0.717, 1.165) is 5.56 Å². The Morgan fingerprint density at radius 3 is 2.59 bits per heavy atom. The number of amides is 1. The van der Waals surface area contributed by atoms with Gasteiger partial charge in [0.25, 0.3) is 5.91 Å². The highest BCUT2D eigenvalue weighted by molar-refractivity contribution is 6.31. The van der Waals surface area contributed by atoms with Gasteiger partial charge < -0.3 is 14.8 Å². The Labute approximate surface area is 106 Å². The summed E-state index contributed by atoms with van der Waals surface area (Å²) >= 11 is 5.97. The lowest BCUT2D eigenvalue weighted by molar-refractivity contribution is -0.124. The Balaban J connectivity index is 2.97. The Morgan fingerprint density at radius 2 is 2.06 bits per heavy atom. The molecule has 0 aliphatic carbocycles. The molecule has 0 spiro atoms. The van der Waals surface area contributed by atoms with Gasteiger partial charge in [-0.3, -0.25) is 4.79 Å². The van der Waals surface area contributed by atoms with Crippen molar-refractivity contribution in [1.29, 1.82) is 0 Å². The molecule has 1 aromatic carbocycles. The van der Waals surface area contributed by atoms with Gasteiger partial charge in [0.15, 0.2) is 0 Å². The number of methoxy groups -OCH3 is 2. The number of carbonyl (C=O) groups is 1. The Kier molecular flexibility index (Phi) is 4.78. The molecule has 0 saturated carbocycles. The second kappa shape index (κ2) is 5.89. The van der Waals surface area contributed by atoms with E-state index in [9.17, 15) is 4.79 Å². The molecule has 0 heterocycles. The summed E-state index contributed by atoms with van der Waals surface area (Å²) in [6.07, 6.45) is -0.518. The van der Waals surface area contributed by atoms with Crippen LogP contribution in [0.2, 0.25) is 5.02 Å². The van der Waals surface area contributed by atoms with Crippen LogP contribution in [0.3, 0.4) is 0 Å². The molecule has 94 valence electrons. The van der Waals surface area contributed by atoms with E-state index in [0.29, 0.717) is 16.5 Å². The predicted octanol–water partition coefficient (Wildman–Crippen LogP) is 2.63. The first kappa shape index (κ1) is 13.8. The van der Waals surface area contributed by atoms with Crippen LogP contribution >= 0.6 is 11.6 Å². The maximum absolute atomic E-state index is 11.7. The fourth-order valence-corrected chi connectivity index (χ4v) is 1.42. The van der Waals surface area contributed by atoms with Gasteiger partial charge in [-0.05, 0) is 25.5 Å². The number of carbonyl (C=O) groups excluding carboxylic acids is 1. The van der Waals surface area contributed by atoms with Gasteiger partial charge in [-0.2, -0.15) is 0 Å². The van der Waals surface area contributed by atoms with Gasteiger partial charge in [-0.15, -0.1) is 0 Å². The fourth-order valence-electron chi connectivity index (χ4n) is 1.27. The monoisotopic (exact) mass is 257 g/mol. The lowest BCUT2D eigenvalue weighted by atomic mass is 10.2. The van der Waals surface area contributed by atoms with E-state index in [1.54, 1.807) is 19.1 Å². The first-order valence-electron chi connectivity index (χ1n) is 5.17. The zero-order chi connectivity index (χ0) is 13.0. The number of hydrogen-bond donors (Lipinski definition) is 1. The van der Waals surface area contributed by atoms with Gasteiger partial charge in [0.1, 0.15) is 11.9 Å². The number of nitrogens with one attached hydrogen (secondary N) is 1. The molecule has 5 heteroatoms. The molecule has 1 rings (SSSR count). The highest BCUT2D eigenvalue weighted by Gasteiger charge is 2.15. The van der Waals surface area contributed by atoms with Crippen LogP contribution in [0.4, 0.5) is 5.69 Å². The highest BCUT2D eigenvalue weighted by atomic mass is 35.5. The van der Waals surface area contributed by atoms with Crippen molar-refractivity contribution >= 4 is 23.2 Å². The number of ether oxygens (including phenoxy) is 2. The molecule has 0 saturated heterocycles. The average Bonchev–Trinajstić information content (AvgIpc) is 2.32. The van der Waals surface area contributed by atoms with Gasteiger partial charge in [0, 0.05) is 18.2 Å². The molecule has 0 aromatic heterocycles. The molecule has 0 aliphatic heterocycles. The number of halogens is 1. The number of rotatable bonds is 4. The Hall–Kier alpha value is -1.26. The quantitative estimate of drug-likeness (QED) is 0.902. The van der Waals surface area contributed by atoms with E-state index in [1.165, 1.54) is 14.2 Å².